The maximum atomic E-state index is 14.7. The molecule has 0 atom stereocenters. The molecule has 0 radical (unpaired) electrons. The Morgan fingerprint density at radius 3 is 2.32 bits per heavy atom. The fraction of sp³-hybridized carbons (Fsp3) is 0.286. The maximum absolute atomic E-state index is 14.7. The Hall–Kier alpha value is -3.22. The third-order valence-corrected chi connectivity index (χ3v) is 4.34. The van der Waals surface area contributed by atoms with Gasteiger partial charge in [0.25, 0.3) is 5.56 Å². The van der Waals surface area contributed by atoms with E-state index in [1.165, 1.54) is 6.07 Å². The van der Waals surface area contributed by atoms with Crippen molar-refractivity contribution in [1.82, 2.24) is 14.5 Å². The highest BCUT2D eigenvalue weighted by atomic mass is 19.1. The van der Waals surface area contributed by atoms with Gasteiger partial charge < -0.3 is 15.2 Å². The van der Waals surface area contributed by atoms with E-state index < -0.39 is 5.82 Å². The summed E-state index contributed by atoms with van der Waals surface area (Å²) in [7, 11) is 3.90. The monoisotopic (exact) mass is 381 g/mol. The zero-order valence-electron chi connectivity index (χ0n) is 16.5. The molecule has 2 N–H and O–H groups in total. The number of aromatic nitrogens is 3. The third-order valence-electron chi connectivity index (χ3n) is 4.34. The van der Waals surface area contributed by atoms with Crippen LogP contribution in [0.5, 0.6) is 0 Å². The van der Waals surface area contributed by atoms with Gasteiger partial charge in [-0.2, -0.15) is 0 Å². The van der Waals surface area contributed by atoms with Crippen LogP contribution in [0.25, 0.3) is 22.6 Å². The lowest BCUT2D eigenvalue weighted by Gasteiger charge is -2.14. The molecule has 7 heteroatoms. The summed E-state index contributed by atoms with van der Waals surface area (Å²) >= 11 is 0. The Morgan fingerprint density at radius 2 is 1.71 bits per heavy atom. The minimum Gasteiger partial charge on any atom is -0.381 e. The molecule has 3 rings (SSSR count). The molecule has 1 aromatic carbocycles. The van der Waals surface area contributed by atoms with Crippen molar-refractivity contribution in [1.29, 1.82) is 0 Å². The molecule has 0 amide bonds. The van der Waals surface area contributed by atoms with E-state index in [0.29, 0.717) is 17.9 Å². The molecule has 0 fully saturated rings. The van der Waals surface area contributed by atoms with Crippen molar-refractivity contribution in [3.05, 3.63) is 58.8 Å². The Balaban J connectivity index is 2.09. The first kappa shape index (κ1) is 19.5. The van der Waals surface area contributed by atoms with Gasteiger partial charge in [-0.3, -0.25) is 4.79 Å². The lowest BCUT2D eigenvalue weighted by atomic mass is 10.1. The lowest BCUT2D eigenvalue weighted by molar-refractivity contribution is 0.511. The number of hydrogen-bond acceptors (Lipinski definition) is 5. The van der Waals surface area contributed by atoms with E-state index in [1.54, 1.807) is 16.8 Å². The first-order valence-corrected chi connectivity index (χ1v) is 9.08. The van der Waals surface area contributed by atoms with Crippen LogP contribution in [-0.2, 0) is 6.54 Å². The fourth-order valence-electron chi connectivity index (χ4n) is 2.90. The molecule has 0 unspecified atom stereocenters. The smallest absolute Gasteiger partial charge is 0.250 e. The number of anilines is 2. The lowest BCUT2D eigenvalue weighted by Crippen LogP contribution is -2.21. The Kier molecular flexibility index (Phi) is 5.44. The predicted molar refractivity (Wildman–Crippen MR) is 111 cm³/mol. The van der Waals surface area contributed by atoms with Crippen LogP contribution in [0, 0.1) is 11.7 Å². The SMILES string of the molecule is CC(C)Cn1cc(-c2nc(-c3ccc(N(C)C)cc3)nc(N)c2F)ccc1=O. The molecule has 2 heterocycles. The van der Waals surface area contributed by atoms with Crippen molar-refractivity contribution in [2.75, 3.05) is 24.7 Å². The standard InChI is InChI=1S/C21H24FN5O/c1-13(2)11-27-12-15(7-10-17(27)28)19-18(22)20(23)25-21(24-19)14-5-8-16(9-6-14)26(3)4/h5-10,12-13H,11H2,1-4H3,(H2,23,24,25). The molecule has 28 heavy (non-hydrogen) atoms. The summed E-state index contributed by atoms with van der Waals surface area (Å²) < 4.78 is 16.3. The normalized spacial score (nSPS) is 11.1. The van der Waals surface area contributed by atoms with Gasteiger partial charge in [0, 0.05) is 49.7 Å². The first-order chi connectivity index (χ1) is 13.3. The van der Waals surface area contributed by atoms with Gasteiger partial charge in [0.05, 0.1) is 0 Å². The summed E-state index contributed by atoms with van der Waals surface area (Å²) in [6.45, 7) is 4.56. The Labute approximate surface area is 163 Å². The summed E-state index contributed by atoms with van der Waals surface area (Å²) in [6.07, 6.45) is 1.62. The van der Waals surface area contributed by atoms with Gasteiger partial charge in [0.1, 0.15) is 5.69 Å². The predicted octanol–water partition coefficient (Wildman–Crippen LogP) is 3.42. The fourth-order valence-corrected chi connectivity index (χ4v) is 2.90. The van der Waals surface area contributed by atoms with Crippen molar-refractivity contribution in [2.45, 2.75) is 20.4 Å². The summed E-state index contributed by atoms with van der Waals surface area (Å²) in [5, 5.41) is 0. The van der Waals surface area contributed by atoms with Gasteiger partial charge in [-0.1, -0.05) is 13.8 Å². The molecule has 6 nitrogen and oxygen atoms in total. The highest BCUT2D eigenvalue weighted by molar-refractivity contribution is 5.68. The number of rotatable bonds is 5. The second kappa shape index (κ2) is 7.80. The molecule has 0 aliphatic carbocycles. The highest BCUT2D eigenvalue weighted by Crippen LogP contribution is 2.27. The molecule has 0 aliphatic heterocycles. The number of nitrogens with zero attached hydrogens (tertiary/aromatic N) is 4. The van der Waals surface area contributed by atoms with Gasteiger partial charge in [-0.15, -0.1) is 0 Å². The average molecular weight is 381 g/mol. The minimum absolute atomic E-state index is 0.0803. The van der Waals surface area contributed by atoms with Gasteiger partial charge in [-0.05, 0) is 36.2 Å². The largest absolute Gasteiger partial charge is 0.381 e. The topological polar surface area (TPSA) is 77.0 Å². The van der Waals surface area contributed by atoms with E-state index in [2.05, 4.69) is 9.97 Å². The molecule has 146 valence electrons. The van der Waals surface area contributed by atoms with Crippen LogP contribution in [0.3, 0.4) is 0 Å². The number of halogens is 1. The number of nitrogen functional groups attached to an aromatic ring is 1. The number of hydrogen-bond donors (Lipinski definition) is 1. The minimum atomic E-state index is -0.691. The zero-order valence-corrected chi connectivity index (χ0v) is 16.5. The van der Waals surface area contributed by atoms with Crippen molar-refractivity contribution >= 4 is 11.5 Å². The van der Waals surface area contributed by atoms with Gasteiger partial charge in [0.15, 0.2) is 17.5 Å². The van der Waals surface area contributed by atoms with E-state index in [1.807, 2.05) is 57.1 Å². The van der Waals surface area contributed by atoms with Crippen molar-refractivity contribution in [2.24, 2.45) is 5.92 Å². The average Bonchev–Trinajstić information content (AvgIpc) is 2.65. The summed E-state index contributed by atoms with van der Waals surface area (Å²) in [5.41, 5.74) is 8.00. The first-order valence-electron chi connectivity index (χ1n) is 9.08. The number of nitrogens with two attached hydrogens (primary N) is 1. The molecule has 0 saturated heterocycles. The van der Waals surface area contributed by atoms with Crippen LogP contribution in [0.2, 0.25) is 0 Å². The van der Waals surface area contributed by atoms with Crippen LogP contribution in [0.4, 0.5) is 15.9 Å². The van der Waals surface area contributed by atoms with Crippen LogP contribution in [0.15, 0.2) is 47.4 Å². The zero-order chi connectivity index (χ0) is 20.4. The molecule has 0 spiro atoms. The third kappa shape index (κ3) is 4.03. The van der Waals surface area contributed by atoms with E-state index in [-0.39, 0.29) is 23.0 Å². The van der Waals surface area contributed by atoms with Gasteiger partial charge >= 0.3 is 0 Å². The number of benzene rings is 1. The second-order valence-corrected chi connectivity index (χ2v) is 7.34. The Morgan fingerprint density at radius 1 is 1.07 bits per heavy atom. The number of pyridine rings is 1. The van der Waals surface area contributed by atoms with Gasteiger partial charge in [-0.25, -0.2) is 14.4 Å². The van der Waals surface area contributed by atoms with Crippen LogP contribution < -0.4 is 16.2 Å². The van der Waals surface area contributed by atoms with Crippen molar-refractivity contribution < 1.29 is 4.39 Å². The summed E-state index contributed by atoms with van der Waals surface area (Å²) in [5.74, 6) is -0.304. The molecular weight excluding hydrogens is 357 g/mol. The second-order valence-electron chi connectivity index (χ2n) is 7.34. The van der Waals surface area contributed by atoms with Crippen LogP contribution in [0.1, 0.15) is 13.8 Å². The van der Waals surface area contributed by atoms with Crippen LogP contribution >= 0.6 is 0 Å². The highest BCUT2D eigenvalue weighted by Gasteiger charge is 2.16. The quantitative estimate of drug-likeness (QED) is 0.733. The molecule has 0 bridgehead atoms. The summed E-state index contributed by atoms with van der Waals surface area (Å²) in [4.78, 5) is 22.6. The van der Waals surface area contributed by atoms with E-state index in [0.717, 1.165) is 11.3 Å². The van der Waals surface area contributed by atoms with Crippen LogP contribution in [-0.4, -0.2) is 28.6 Å². The molecular formula is C21H24FN5O. The van der Waals surface area contributed by atoms with Crippen molar-refractivity contribution in [3.63, 3.8) is 0 Å². The van der Waals surface area contributed by atoms with Gasteiger partial charge in [0.2, 0.25) is 0 Å². The van der Waals surface area contributed by atoms with Crippen molar-refractivity contribution in [3.8, 4) is 22.6 Å². The Bertz CT molecular complexity index is 1040. The molecule has 3 aromatic rings. The summed E-state index contributed by atoms with van der Waals surface area (Å²) in [6, 6.07) is 10.6. The van der Waals surface area contributed by atoms with E-state index in [4.69, 9.17) is 5.73 Å². The van der Waals surface area contributed by atoms with E-state index in [9.17, 15) is 9.18 Å². The van der Waals surface area contributed by atoms with E-state index >= 15 is 0 Å². The molecule has 0 aliphatic rings. The molecule has 0 saturated carbocycles. The molecule has 2 aromatic heterocycles. The maximum Gasteiger partial charge on any atom is 0.250 e.